The Hall–Kier alpha value is -2.10. The van der Waals surface area contributed by atoms with Crippen LogP contribution < -0.4 is 15.6 Å². The molecule has 0 saturated carbocycles. The first-order valence-corrected chi connectivity index (χ1v) is 8.00. The molecular formula is C12H14ClN5O3S. The van der Waals surface area contributed by atoms with E-state index in [1.807, 2.05) is 10.3 Å². The maximum Gasteiger partial charge on any atom is 0.334 e. The van der Waals surface area contributed by atoms with Crippen LogP contribution >= 0.6 is 11.6 Å². The zero-order valence-corrected chi connectivity index (χ0v) is 13.4. The number of para-hydroxylation sites is 1. The summed E-state index contributed by atoms with van der Waals surface area (Å²) in [6.07, 6.45) is 0. The van der Waals surface area contributed by atoms with E-state index in [-0.39, 0.29) is 15.7 Å². The predicted octanol–water partition coefficient (Wildman–Crippen LogP) is 1.40. The molecule has 0 fully saturated rings. The molecule has 118 valence electrons. The van der Waals surface area contributed by atoms with Crippen molar-refractivity contribution in [2.24, 2.45) is 7.05 Å². The molecule has 0 unspecified atom stereocenters. The Kier molecular flexibility index (Phi) is 4.69. The second kappa shape index (κ2) is 6.34. The fourth-order valence-corrected chi connectivity index (χ4v) is 3.36. The molecule has 2 rings (SSSR count). The van der Waals surface area contributed by atoms with Gasteiger partial charge in [-0.05, 0) is 19.1 Å². The summed E-state index contributed by atoms with van der Waals surface area (Å²) in [5, 5.41) is 6.33. The van der Waals surface area contributed by atoms with E-state index in [2.05, 4.69) is 10.4 Å². The van der Waals surface area contributed by atoms with Crippen molar-refractivity contribution in [3.8, 4) is 0 Å². The monoisotopic (exact) mass is 343 g/mol. The average molecular weight is 344 g/mol. The number of urea groups is 1. The van der Waals surface area contributed by atoms with Crippen molar-refractivity contribution in [3.05, 3.63) is 41.2 Å². The normalized spacial score (nSPS) is 11.2. The Morgan fingerprint density at radius 1 is 1.27 bits per heavy atom. The Labute approximate surface area is 132 Å². The zero-order valence-electron chi connectivity index (χ0n) is 11.8. The molecular weight excluding hydrogens is 330 g/mol. The van der Waals surface area contributed by atoms with Gasteiger partial charge in [-0.25, -0.2) is 13.2 Å². The summed E-state index contributed by atoms with van der Waals surface area (Å²) in [6.45, 7) is 1.50. The number of aromatic nitrogens is 2. The number of nitrogens with zero attached hydrogens (tertiary/aromatic N) is 2. The highest BCUT2D eigenvalue weighted by atomic mass is 35.5. The van der Waals surface area contributed by atoms with Crippen LogP contribution in [0.2, 0.25) is 5.15 Å². The lowest BCUT2D eigenvalue weighted by Gasteiger charge is -2.09. The molecule has 8 nitrogen and oxygen atoms in total. The van der Waals surface area contributed by atoms with E-state index in [1.54, 1.807) is 30.3 Å². The molecule has 0 radical (unpaired) electrons. The molecule has 0 spiro atoms. The third-order valence-corrected chi connectivity index (χ3v) is 4.64. The number of hydrogen-bond donors (Lipinski definition) is 3. The highest BCUT2D eigenvalue weighted by molar-refractivity contribution is 7.89. The minimum absolute atomic E-state index is 0.0460. The Morgan fingerprint density at radius 2 is 1.91 bits per heavy atom. The summed E-state index contributed by atoms with van der Waals surface area (Å²) in [4.78, 5) is 13.4. The number of rotatable bonds is 4. The topological polar surface area (TPSA) is 105 Å². The summed E-state index contributed by atoms with van der Waals surface area (Å²) in [5.74, 6) is 0. The molecule has 2 amide bonds. The van der Waals surface area contributed by atoms with Crippen molar-refractivity contribution >= 4 is 33.3 Å². The van der Waals surface area contributed by atoms with Gasteiger partial charge in [-0.3, -0.25) is 10.1 Å². The standard InChI is InChI=1S/C12H14ClN5O3S/c1-8-10(11(13)18(2)16-8)22(20,21)17-15-12(19)14-9-6-4-3-5-7-9/h3-7,17H,1-2H3,(H2,14,15,19). The van der Waals surface area contributed by atoms with Crippen LogP contribution in [0.1, 0.15) is 5.69 Å². The maximum absolute atomic E-state index is 12.2. The fraction of sp³-hybridized carbons (Fsp3) is 0.167. The van der Waals surface area contributed by atoms with Crippen molar-refractivity contribution in [2.45, 2.75) is 11.8 Å². The first-order chi connectivity index (χ1) is 10.3. The summed E-state index contributed by atoms with van der Waals surface area (Å²) in [6, 6.07) is 7.86. The second-order valence-electron chi connectivity index (χ2n) is 4.38. The molecule has 3 N–H and O–H groups in total. The molecule has 2 aromatic rings. The highest BCUT2D eigenvalue weighted by Gasteiger charge is 2.25. The van der Waals surface area contributed by atoms with Crippen LogP contribution in [0.3, 0.4) is 0 Å². The van der Waals surface area contributed by atoms with Crippen LogP contribution in [0.15, 0.2) is 35.2 Å². The Balaban J connectivity index is 2.05. The van der Waals surface area contributed by atoms with Gasteiger partial charge in [0.15, 0.2) is 0 Å². The van der Waals surface area contributed by atoms with Crippen LogP contribution in [0.5, 0.6) is 0 Å². The van der Waals surface area contributed by atoms with Gasteiger partial charge in [0, 0.05) is 12.7 Å². The van der Waals surface area contributed by atoms with Gasteiger partial charge in [0.05, 0.1) is 5.69 Å². The molecule has 1 heterocycles. The van der Waals surface area contributed by atoms with Gasteiger partial charge >= 0.3 is 6.03 Å². The van der Waals surface area contributed by atoms with Crippen molar-refractivity contribution < 1.29 is 13.2 Å². The second-order valence-corrected chi connectivity index (χ2v) is 6.36. The third kappa shape index (κ3) is 3.56. The van der Waals surface area contributed by atoms with E-state index in [0.717, 1.165) is 0 Å². The predicted molar refractivity (Wildman–Crippen MR) is 81.9 cm³/mol. The molecule has 0 aliphatic heterocycles. The lowest BCUT2D eigenvalue weighted by molar-refractivity contribution is 0.250. The van der Waals surface area contributed by atoms with Gasteiger partial charge in [-0.2, -0.15) is 5.10 Å². The Morgan fingerprint density at radius 3 is 2.45 bits per heavy atom. The van der Waals surface area contributed by atoms with Crippen molar-refractivity contribution in [2.75, 3.05) is 5.32 Å². The van der Waals surface area contributed by atoms with Gasteiger partial charge in [-0.1, -0.05) is 29.8 Å². The van der Waals surface area contributed by atoms with Crippen molar-refractivity contribution in [1.29, 1.82) is 0 Å². The number of anilines is 1. The number of halogens is 1. The minimum Gasteiger partial charge on any atom is -0.307 e. The molecule has 0 aliphatic carbocycles. The van der Waals surface area contributed by atoms with Gasteiger partial charge < -0.3 is 5.32 Å². The van der Waals surface area contributed by atoms with Gasteiger partial charge in [0.1, 0.15) is 10.0 Å². The fourth-order valence-electron chi connectivity index (χ4n) is 1.76. The summed E-state index contributed by atoms with van der Waals surface area (Å²) in [7, 11) is -2.51. The molecule has 1 aromatic heterocycles. The molecule has 1 aromatic carbocycles. The first kappa shape index (κ1) is 16.3. The zero-order chi connectivity index (χ0) is 16.3. The summed E-state index contributed by atoms with van der Waals surface area (Å²) >= 11 is 5.90. The SMILES string of the molecule is Cc1nn(C)c(Cl)c1S(=O)(=O)NNC(=O)Nc1ccccc1. The van der Waals surface area contributed by atoms with E-state index in [9.17, 15) is 13.2 Å². The number of aryl methyl sites for hydroxylation is 2. The molecule has 0 aliphatic rings. The number of benzene rings is 1. The average Bonchev–Trinajstić information content (AvgIpc) is 2.72. The van der Waals surface area contributed by atoms with Crippen LogP contribution in [0, 0.1) is 6.92 Å². The molecule has 10 heteroatoms. The van der Waals surface area contributed by atoms with E-state index in [0.29, 0.717) is 5.69 Å². The number of carbonyl (C=O) groups is 1. The maximum atomic E-state index is 12.2. The number of hydrazine groups is 1. The summed E-state index contributed by atoms with van der Waals surface area (Å²) in [5.41, 5.74) is 2.80. The van der Waals surface area contributed by atoms with Crippen LogP contribution in [-0.2, 0) is 17.1 Å². The largest absolute Gasteiger partial charge is 0.334 e. The van der Waals surface area contributed by atoms with Gasteiger partial charge in [0.25, 0.3) is 10.0 Å². The molecule has 0 atom stereocenters. The lowest BCUT2D eigenvalue weighted by Crippen LogP contribution is -2.44. The number of amides is 2. The number of sulfonamides is 1. The Bertz CT molecular complexity index is 789. The van der Waals surface area contributed by atoms with Crippen molar-refractivity contribution in [3.63, 3.8) is 0 Å². The van der Waals surface area contributed by atoms with Gasteiger partial charge in [0.2, 0.25) is 0 Å². The molecule has 22 heavy (non-hydrogen) atoms. The third-order valence-electron chi connectivity index (χ3n) is 2.70. The van der Waals surface area contributed by atoms with Crippen LogP contribution in [0.25, 0.3) is 0 Å². The molecule has 0 saturated heterocycles. The van der Waals surface area contributed by atoms with E-state index >= 15 is 0 Å². The van der Waals surface area contributed by atoms with Gasteiger partial charge in [-0.15, -0.1) is 4.83 Å². The first-order valence-electron chi connectivity index (χ1n) is 6.14. The molecule has 0 bridgehead atoms. The summed E-state index contributed by atoms with van der Waals surface area (Å²) < 4.78 is 25.5. The quantitative estimate of drug-likeness (QED) is 0.729. The smallest absolute Gasteiger partial charge is 0.307 e. The number of carbonyl (C=O) groups excluding carboxylic acids is 1. The lowest BCUT2D eigenvalue weighted by atomic mass is 10.3. The van der Waals surface area contributed by atoms with Crippen molar-refractivity contribution in [1.82, 2.24) is 20.0 Å². The highest BCUT2D eigenvalue weighted by Crippen LogP contribution is 2.23. The number of nitrogens with one attached hydrogen (secondary N) is 3. The van der Waals surface area contributed by atoms with E-state index in [1.165, 1.54) is 18.7 Å². The van der Waals surface area contributed by atoms with Crippen LogP contribution in [0.4, 0.5) is 10.5 Å². The van der Waals surface area contributed by atoms with E-state index < -0.39 is 16.1 Å². The number of hydrogen-bond acceptors (Lipinski definition) is 4. The minimum atomic E-state index is -4.03. The van der Waals surface area contributed by atoms with E-state index in [4.69, 9.17) is 11.6 Å². The van der Waals surface area contributed by atoms with Crippen LogP contribution in [-0.4, -0.2) is 24.2 Å².